The van der Waals surface area contributed by atoms with Gasteiger partial charge in [0.25, 0.3) is 0 Å². The summed E-state index contributed by atoms with van der Waals surface area (Å²) >= 11 is 1.73. The Labute approximate surface area is 104 Å². The van der Waals surface area contributed by atoms with E-state index in [0.29, 0.717) is 0 Å². The first-order chi connectivity index (χ1) is 8.45. The minimum absolute atomic E-state index is 0.806. The zero-order chi connectivity index (χ0) is 11.5. The minimum Gasteiger partial charge on any atom is -0.378 e. The molecule has 0 unspecified atom stereocenters. The minimum atomic E-state index is 0.806. The lowest BCUT2D eigenvalue weighted by Crippen LogP contribution is -2.36. The summed E-state index contributed by atoms with van der Waals surface area (Å²) in [6.45, 7) is 3.52. The second-order valence-electron chi connectivity index (χ2n) is 3.86. The van der Waals surface area contributed by atoms with E-state index in [2.05, 4.69) is 26.3 Å². The molecule has 5 heteroatoms. The van der Waals surface area contributed by atoms with Crippen molar-refractivity contribution in [1.29, 1.82) is 0 Å². The van der Waals surface area contributed by atoms with E-state index >= 15 is 0 Å². The van der Waals surface area contributed by atoms with Crippen molar-refractivity contribution in [3.05, 3.63) is 30.2 Å². The molecule has 0 N–H and O–H groups in total. The molecule has 17 heavy (non-hydrogen) atoms. The summed E-state index contributed by atoms with van der Waals surface area (Å²) in [6.07, 6.45) is 5.29. The highest BCUT2D eigenvalue weighted by molar-refractivity contribution is 7.14. The summed E-state index contributed by atoms with van der Waals surface area (Å²) in [7, 11) is 0. The van der Waals surface area contributed by atoms with Crippen LogP contribution in [0.4, 0.5) is 5.69 Å². The zero-order valence-electron chi connectivity index (χ0n) is 9.37. The molecule has 1 aliphatic heterocycles. The lowest BCUT2D eigenvalue weighted by molar-refractivity contribution is 0.123. The molecular weight excluding hydrogens is 234 g/mol. The standard InChI is InChI=1S/C12H13N3OS/c1-6-17-12(10-7-13-9-14-8-10)11(1)15-2-4-16-5-3-15/h1,6-9H,2-5H2. The second kappa shape index (κ2) is 4.81. The number of morpholine rings is 1. The number of hydrogen-bond donors (Lipinski definition) is 0. The summed E-state index contributed by atoms with van der Waals surface area (Å²) in [5.41, 5.74) is 2.36. The summed E-state index contributed by atoms with van der Waals surface area (Å²) < 4.78 is 5.38. The average Bonchev–Trinajstić information content (AvgIpc) is 2.90. The summed E-state index contributed by atoms with van der Waals surface area (Å²) in [5, 5.41) is 2.12. The summed E-state index contributed by atoms with van der Waals surface area (Å²) in [4.78, 5) is 11.8. The fraction of sp³-hybridized carbons (Fsp3) is 0.333. The number of anilines is 1. The number of ether oxygens (including phenoxy) is 1. The smallest absolute Gasteiger partial charge is 0.115 e. The molecule has 0 radical (unpaired) electrons. The van der Waals surface area contributed by atoms with Gasteiger partial charge in [0.15, 0.2) is 0 Å². The topological polar surface area (TPSA) is 38.2 Å². The van der Waals surface area contributed by atoms with Crippen LogP contribution in [0.5, 0.6) is 0 Å². The van der Waals surface area contributed by atoms with E-state index in [0.717, 1.165) is 31.9 Å². The van der Waals surface area contributed by atoms with Crippen LogP contribution < -0.4 is 4.90 Å². The maximum Gasteiger partial charge on any atom is 0.115 e. The van der Waals surface area contributed by atoms with Crippen molar-refractivity contribution < 1.29 is 4.74 Å². The molecular formula is C12H13N3OS. The maximum atomic E-state index is 5.38. The Bertz CT molecular complexity index is 480. The lowest BCUT2D eigenvalue weighted by Gasteiger charge is -2.28. The Kier molecular flexibility index (Phi) is 3.02. The van der Waals surface area contributed by atoms with E-state index in [4.69, 9.17) is 4.74 Å². The highest BCUT2D eigenvalue weighted by Gasteiger charge is 2.16. The quantitative estimate of drug-likeness (QED) is 0.814. The second-order valence-corrected chi connectivity index (χ2v) is 4.78. The Hall–Kier alpha value is -1.46. The largest absolute Gasteiger partial charge is 0.378 e. The number of hydrogen-bond acceptors (Lipinski definition) is 5. The SMILES string of the molecule is c1ncc(-c2sccc2N2CCOCC2)cn1. The van der Waals surface area contributed by atoms with Gasteiger partial charge in [0.1, 0.15) is 6.33 Å². The third kappa shape index (κ3) is 2.16. The number of aromatic nitrogens is 2. The Morgan fingerprint density at radius 1 is 1.18 bits per heavy atom. The molecule has 2 aromatic rings. The van der Waals surface area contributed by atoms with Crippen molar-refractivity contribution in [2.24, 2.45) is 0 Å². The van der Waals surface area contributed by atoms with Gasteiger partial charge in [-0.2, -0.15) is 0 Å². The molecule has 3 heterocycles. The van der Waals surface area contributed by atoms with Crippen LogP contribution in [0.15, 0.2) is 30.2 Å². The van der Waals surface area contributed by atoms with E-state index in [-0.39, 0.29) is 0 Å². The molecule has 2 aromatic heterocycles. The first-order valence-electron chi connectivity index (χ1n) is 5.61. The van der Waals surface area contributed by atoms with Gasteiger partial charge in [-0.25, -0.2) is 9.97 Å². The molecule has 0 atom stereocenters. The molecule has 0 aromatic carbocycles. The van der Waals surface area contributed by atoms with Gasteiger partial charge in [-0.1, -0.05) is 0 Å². The fourth-order valence-electron chi connectivity index (χ4n) is 1.99. The van der Waals surface area contributed by atoms with Crippen molar-refractivity contribution >= 4 is 17.0 Å². The normalized spacial score (nSPS) is 16.1. The highest BCUT2D eigenvalue weighted by atomic mass is 32.1. The Morgan fingerprint density at radius 2 is 1.94 bits per heavy atom. The first kappa shape index (κ1) is 10.7. The van der Waals surface area contributed by atoms with Crippen LogP contribution in [0.1, 0.15) is 0 Å². The number of nitrogens with zero attached hydrogens (tertiary/aromatic N) is 3. The monoisotopic (exact) mass is 247 g/mol. The van der Waals surface area contributed by atoms with Crippen molar-refractivity contribution in [1.82, 2.24) is 9.97 Å². The van der Waals surface area contributed by atoms with Gasteiger partial charge >= 0.3 is 0 Å². The molecule has 1 aliphatic rings. The predicted molar refractivity (Wildman–Crippen MR) is 68.4 cm³/mol. The Balaban J connectivity index is 1.93. The van der Waals surface area contributed by atoms with Crippen LogP contribution in [0.2, 0.25) is 0 Å². The van der Waals surface area contributed by atoms with E-state index in [1.165, 1.54) is 10.6 Å². The highest BCUT2D eigenvalue weighted by Crippen LogP contribution is 2.35. The van der Waals surface area contributed by atoms with Crippen molar-refractivity contribution in [2.45, 2.75) is 0 Å². The van der Waals surface area contributed by atoms with Gasteiger partial charge in [-0.05, 0) is 11.4 Å². The van der Waals surface area contributed by atoms with Gasteiger partial charge in [0, 0.05) is 31.0 Å². The number of thiophene rings is 1. The molecule has 88 valence electrons. The summed E-state index contributed by atoms with van der Waals surface area (Å²) in [5.74, 6) is 0. The molecule has 1 saturated heterocycles. The average molecular weight is 247 g/mol. The van der Waals surface area contributed by atoms with E-state index in [1.54, 1.807) is 17.7 Å². The van der Waals surface area contributed by atoms with Crippen LogP contribution >= 0.6 is 11.3 Å². The van der Waals surface area contributed by atoms with Crippen LogP contribution in [0, 0.1) is 0 Å². The third-order valence-corrected chi connectivity index (χ3v) is 3.77. The number of rotatable bonds is 2. The van der Waals surface area contributed by atoms with E-state index in [1.807, 2.05) is 12.4 Å². The van der Waals surface area contributed by atoms with Crippen molar-refractivity contribution in [3.8, 4) is 10.4 Å². The van der Waals surface area contributed by atoms with Gasteiger partial charge in [0.2, 0.25) is 0 Å². The van der Waals surface area contributed by atoms with Crippen LogP contribution in [-0.2, 0) is 4.74 Å². The maximum absolute atomic E-state index is 5.38. The van der Waals surface area contributed by atoms with Crippen LogP contribution in [0.3, 0.4) is 0 Å². The molecule has 0 aliphatic carbocycles. The first-order valence-corrected chi connectivity index (χ1v) is 6.49. The van der Waals surface area contributed by atoms with E-state index in [9.17, 15) is 0 Å². The van der Waals surface area contributed by atoms with Gasteiger partial charge < -0.3 is 9.64 Å². The molecule has 4 nitrogen and oxygen atoms in total. The van der Waals surface area contributed by atoms with E-state index < -0.39 is 0 Å². The Morgan fingerprint density at radius 3 is 2.71 bits per heavy atom. The molecule has 3 rings (SSSR count). The molecule has 0 saturated carbocycles. The lowest BCUT2D eigenvalue weighted by atomic mass is 10.2. The van der Waals surface area contributed by atoms with Crippen LogP contribution in [0.25, 0.3) is 10.4 Å². The predicted octanol–water partition coefficient (Wildman–Crippen LogP) is 2.04. The van der Waals surface area contributed by atoms with Crippen molar-refractivity contribution in [3.63, 3.8) is 0 Å². The van der Waals surface area contributed by atoms with Crippen LogP contribution in [-0.4, -0.2) is 36.3 Å². The third-order valence-electron chi connectivity index (χ3n) is 2.82. The molecule has 1 fully saturated rings. The van der Waals surface area contributed by atoms with Gasteiger partial charge in [-0.15, -0.1) is 11.3 Å². The van der Waals surface area contributed by atoms with Gasteiger partial charge in [-0.3, -0.25) is 0 Å². The molecule has 0 amide bonds. The molecule has 0 spiro atoms. The summed E-state index contributed by atoms with van der Waals surface area (Å²) in [6, 6.07) is 2.16. The zero-order valence-corrected chi connectivity index (χ0v) is 10.2. The van der Waals surface area contributed by atoms with Gasteiger partial charge in [0.05, 0.1) is 23.8 Å². The molecule has 0 bridgehead atoms. The fourth-order valence-corrected chi connectivity index (χ4v) is 2.88. The van der Waals surface area contributed by atoms with Crippen molar-refractivity contribution in [2.75, 3.05) is 31.2 Å².